The molecule has 1 heterocycles. The average molecular weight is 370 g/mol. The molecular formula is C24H35NO2. The van der Waals surface area contributed by atoms with E-state index in [0.717, 1.165) is 44.9 Å². The molecule has 3 aliphatic carbocycles. The Bertz CT molecular complexity index is 688. The zero-order chi connectivity index (χ0) is 19.2. The van der Waals surface area contributed by atoms with Gasteiger partial charge in [-0.25, -0.2) is 0 Å². The van der Waals surface area contributed by atoms with Gasteiger partial charge in [0.05, 0.1) is 5.92 Å². The van der Waals surface area contributed by atoms with Crippen LogP contribution in [0.25, 0.3) is 0 Å². The summed E-state index contributed by atoms with van der Waals surface area (Å²) in [6, 6.07) is 0.500. The zero-order valence-electron chi connectivity index (χ0n) is 17.4. The highest BCUT2D eigenvalue weighted by Gasteiger charge is 2.59. The van der Waals surface area contributed by atoms with Crippen molar-refractivity contribution in [1.29, 1.82) is 0 Å². The Balaban J connectivity index is 1.73. The number of carbonyl (C=O) groups excluding carboxylic acids is 1. The second kappa shape index (κ2) is 7.24. The molecule has 6 atom stereocenters. The predicted molar refractivity (Wildman–Crippen MR) is 109 cm³/mol. The van der Waals surface area contributed by atoms with Crippen molar-refractivity contribution in [2.75, 3.05) is 14.1 Å². The van der Waals surface area contributed by atoms with Crippen LogP contribution in [-0.2, 0) is 9.53 Å². The molecule has 0 aromatic heterocycles. The predicted octanol–water partition coefficient (Wildman–Crippen LogP) is 4.90. The Kier molecular flexibility index (Phi) is 5.09. The minimum absolute atomic E-state index is 0.000672. The number of fused-ring (bicyclic) bond motifs is 1. The molecule has 3 heteroatoms. The van der Waals surface area contributed by atoms with Gasteiger partial charge in [-0.1, -0.05) is 36.8 Å². The third-order valence-electron chi connectivity index (χ3n) is 7.56. The molecule has 6 unspecified atom stereocenters. The van der Waals surface area contributed by atoms with Crippen molar-refractivity contribution in [2.24, 2.45) is 23.7 Å². The van der Waals surface area contributed by atoms with Crippen molar-refractivity contribution in [3.63, 3.8) is 0 Å². The normalized spacial score (nSPS) is 41.8. The number of allylic oxidation sites excluding steroid dienone is 3. The fourth-order valence-electron chi connectivity index (χ4n) is 5.91. The number of esters is 1. The second-order valence-corrected chi connectivity index (χ2v) is 9.62. The smallest absolute Gasteiger partial charge is 0.314 e. The highest BCUT2D eigenvalue weighted by molar-refractivity contribution is 5.81. The number of hydrogen-bond acceptors (Lipinski definition) is 3. The van der Waals surface area contributed by atoms with Crippen molar-refractivity contribution in [1.82, 2.24) is 4.90 Å². The van der Waals surface area contributed by atoms with Crippen LogP contribution in [0.1, 0.15) is 58.8 Å². The Morgan fingerprint density at radius 2 is 1.93 bits per heavy atom. The first-order valence-corrected chi connectivity index (χ1v) is 10.9. The van der Waals surface area contributed by atoms with Crippen LogP contribution < -0.4 is 0 Å². The van der Waals surface area contributed by atoms with Gasteiger partial charge < -0.3 is 9.64 Å². The summed E-state index contributed by atoms with van der Waals surface area (Å²) in [5, 5.41) is 0. The van der Waals surface area contributed by atoms with E-state index in [1.165, 1.54) is 11.1 Å². The van der Waals surface area contributed by atoms with Crippen molar-refractivity contribution >= 4 is 5.97 Å². The fourth-order valence-corrected chi connectivity index (χ4v) is 5.91. The fraction of sp³-hybridized carbons (Fsp3) is 0.708. The maximum atomic E-state index is 13.0. The van der Waals surface area contributed by atoms with Gasteiger partial charge in [0.1, 0.15) is 5.60 Å². The summed E-state index contributed by atoms with van der Waals surface area (Å²) >= 11 is 0. The van der Waals surface area contributed by atoms with E-state index in [9.17, 15) is 4.79 Å². The van der Waals surface area contributed by atoms with E-state index in [2.05, 4.69) is 57.1 Å². The monoisotopic (exact) mass is 369 g/mol. The summed E-state index contributed by atoms with van der Waals surface area (Å²) < 4.78 is 6.45. The van der Waals surface area contributed by atoms with E-state index in [1.807, 2.05) is 0 Å². The van der Waals surface area contributed by atoms with Crippen LogP contribution >= 0.6 is 0 Å². The van der Waals surface area contributed by atoms with Gasteiger partial charge in [0.15, 0.2) is 0 Å². The van der Waals surface area contributed by atoms with E-state index in [0.29, 0.717) is 23.8 Å². The second-order valence-electron chi connectivity index (χ2n) is 9.62. The quantitative estimate of drug-likeness (QED) is 0.523. The maximum Gasteiger partial charge on any atom is 0.314 e. The van der Waals surface area contributed by atoms with Crippen molar-refractivity contribution in [3.05, 3.63) is 35.5 Å². The number of hydrogen-bond donors (Lipinski definition) is 0. The molecule has 0 aromatic carbocycles. The van der Waals surface area contributed by atoms with Crippen LogP contribution in [0.3, 0.4) is 0 Å². The van der Waals surface area contributed by atoms with E-state index < -0.39 is 5.60 Å². The summed E-state index contributed by atoms with van der Waals surface area (Å²) in [5.74, 6) is 1.36. The molecule has 0 aromatic rings. The number of nitrogens with zero attached hydrogens (tertiary/aromatic N) is 1. The highest BCUT2D eigenvalue weighted by atomic mass is 16.6. The Morgan fingerprint density at radius 1 is 1.11 bits per heavy atom. The molecule has 0 N–H and O–H groups in total. The first-order valence-electron chi connectivity index (χ1n) is 10.9. The van der Waals surface area contributed by atoms with Gasteiger partial charge in [0.2, 0.25) is 0 Å². The molecule has 148 valence electrons. The van der Waals surface area contributed by atoms with Crippen LogP contribution in [0.5, 0.6) is 0 Å². The number of cyclic esters (lactones) is 1. The summed E-state index contributed by atoms with van der Waals surface area (Å²) in [6.45, 7) is 4.49. The van der Waals surface area contributed by atoms with E-state index in [1.54, 1.807) is 0 Å². The molecule has 3 nitrogen and oxygen atoms in total. The summed E-state index contributed by atoms with van der Waals surface area (Å²) in [6.07, 6.45) is 17.1. The van der Waals surface area contributed by atoms with Gasteiger partial charge in [0.25, 0.3) is 0 Å². The zero-order valence-corrected chi connectivity index (χ0v) is 17.4. The lowest BCUT2D eigenvalue weighted by Gasteiger charge is -2.46. The Morgan fingerprint density at radius 3 is 2.56 bits per heavy atom. The van der Waals surface area contributed by atoms with Crippen LogP contribution in [0.4, 0.5) is 0 Å². The van der Waals surface area contributed by atoms with Crippen molar-refractivity contribution in [3.8, 4) is 0 Å². The lowest BCUT2D eigenvalue weighted by molar-refractivity contribution is -0.158. The molecule has 4 rings (SSSR count). The largest absolute Gasteiger partial charge is 0.453 e. The van der Waals surface area contributed by atoms with Gasteiger partial charge in [-0.3, -0.25) is 4.79 Å². The SMILES string of the molecule is CC1=CCC(C2(C3C=CC(N(C)C)CC3)OC(=O)C3CC(C)CC=C32)CC1. The highest BCUT2D eigenvalue weighted by Crippen LogP contribution is 2.55. The minimum Gasteiger partial charge on any atom is -0.453 e. The molecular weight excluding hydrogens is 334 g/mol. The van der Waals surface area contributed by atoms with Gasteiger partial charge in [-0.2, -0.15) is 0 Å². The molecule has 0 spiro atoms. The van der Waals surface area contributed by atoms with Crippen LogP contribution in [0.15, 0.2) is 35.5 Å². The van der Waals surface area contributed by atoms with Crippen molar-refractivity contribution < 1.29 is 9.53 Å². The average Bonchev–Trinajstić information content (AvgIpc) is 2.95. The standard InChI is InChI=1S/C24H35NO2/c1-16-5-8-18(9-6-16)24(19-10-12-20(13-11-19)25(3)4)22-14-7-17(2)15-21(22)23(26)27-24/h5,10,12,14,17-21H,6-9,11,13,15H2,1-4H3. The van der Waals surface area contributed by atoms with E-state index in [-0.39, 0.29) is 11.9 Å². The Hall–Kier alpha value is -1.35. The third kappa shape index (κ3) is 3.22. The third-order valence-corrected chi connectivity index (χ3v) is 7.56. The molecule has 1 aliphatic heterocycles. The lowest BCUT2D eigenvalue weighted by atomic mass is 9.62. The lowest BCUT2D eigenvalue weighted by Crippen LogP contribution is -2.48. The topological polar surface area (TPSA) is 29.5 Å². The number of likely N-dealkylation sites (N-methyl/N-ethyl adjacent to an activating group) is 1. The van der Waals surface area contributed by atoms with Gasteiger partial charge in [-0.15, -0.1) is 0 Å². The van der Waals surface area contributed by atoms with Gasteiger partial charge in [-0.05, 0) is 77.5 Å². The molecule has 4 aliphatic rings. The van der Waals surface area contributed by atoms with Crippen LogP contribution in [-0.4, -0.2) is 36.6 Å². The minimum atomic E-state index is -0.396. The van der Waals surface area contributed by atoms with E-state index >= 15 is 0 Å². The Labute approximate surface area is 164 Å². The molecule has 1 fully saturated rings. The van der Waals surface area contributed by atoms with Crippen molar-refractivity contribution in [2.45, 2.75) is 70.4 Å². The number of carbonyl (C=O) groups is 1. The first kappa shape index (κ1) is 19.0. The summed E-state index contributed by atoms with van der Waals surface area (Å²) in [4.78, 5) is 15.3. The summed E-state index contributed by atoms with van der Waals surface area (Å²) in [7, 11) is 4.30. The van der Waals surface area contributed by atoms with Crippen LogP contribution in [0, 0.1) is 23.7 Å². The molecule has 27 heavy (non-hydrogen) atoms. The summed E-state index contributed by atoms with van der Waals surface area (Å²) in [5.41, 5.74) is 2.43. The molecule has 0 saturated carbocycles. The number of ether oxygens (including phenoxy) is 1. The molecule has 1 saturated heterocycles. The van der Waals surface area contributed by atoms with E-state index in [4.69, 9.17) is 4.74 Å². The molecule has 0 amide bonds. The number of rotatable bonds is 3. The van der Waals surface area contributed by atoms with Gasteiger partial charge in [0, 0.05) is 17.9 Å². The molecule has 0 radical (unpaired) electrons. The van der Waals surface area contributed by atoms with Crippen LogP contribution in [0.2, 0.25) is 0 Å². The van der Waals surface area contributed by atoms with Gasteiger partial charge >= 0.3 is 5.97 Å². The molecule has 0 bridgehead atoms. The first-order chi connectivity index (χ1) is 12.9. The maximum absolute atomic E-state index is 13.0.